The minimum Gasteiger partial charge on any atom is -0.464 e. The van der Waals surface area contributed by atoms with E-state index in [4.69, 9.17) is 8.83 Å². The summed E-state index contributed by atoms with van der Waals surface area (Å²) in [5, 5.41) is 14.0. The molecule has 170 valence electrons. The van der Waals surface area contributed by atoms with Crippen LogP contribution in [0.3, 0.4) is 0 Å². The molecule has 0 radical (unpaired) electrons. The second-order valence-corrected chi connectivity index (χ2v) is 10.5. The van der Waals surface area contributed by atoms with Crippen LogP contribution in [0.2, 0.25) is 0 Å². The lowest BCUT2D eigenvalue weighted by atomic mass is 9.99. The van der Waals surface area contributed by atoms with Crippen molar-refractivity contribution in [3.8, 4) is 11.1 Å². The van der Waals surface area contributed by atoms with E-state index in [1.54, 1.807) is 19.3 Å². The Morgan fingerprint density at radius 1 is 1.12 bits per heavy atom. The summed E-state index contributed by atoms with van der Waals surface area (Å²) >= 11 is 0. The molecule has 4 aromatic rings. The van der Waals surface area contributed by atoms with Crippen molar-refractivity contribution < 1.29 is 27.2 Å². The molecule has 8 nitrogen and oxygen atoms in total. The van der Waals surface area contributed by atoms with Crippen molar-refractivity contribution in [3.63, 3.8) is 0 Å². The number of furan rings is 1. The van der Waals surface area contributed by atoms with Gasteiger partial charge in [0, 0.05) is 22.4 Å². The minimum absolute atomic E-state index is 0.180. The van der Waals surface area contributed by atoms with E-state index in [1.165, 1.54) is 0 Å². The number of sulfone groups is 1. The van der Waals surface area contributed by atoms with Gasteiger partial charge in [-0.05, 0) is 24.1 Å². The van der Waals surface area contributed by atoms with E-state index < -0.39 is 33.5 Å². The largest absolute Gasteiger partial charge is 0.464 e. The number of aryl methyl sites for hydroxylation is 1. The van der Waals surface area contributed by atoms with E-state index in [2.05, 4.69) is 5.32 Å². The number of carbonyl (C=O) groups excluding carboxylic acids is 1. The van der Waals surface area contributed by atoms with Gasteiger partial charge in [-0.15, -0.1) is 0 Å². The van der Waals surface area contributed by atoms with Crippen molar-refractivity contribution in [2.45, 2.75) is 25.5 Å². The van der Waals surface area contributed by atoms with Crippen LogP contribution in [0.5, 0.6) is 0 Å². The summed E-state index contributed by atoms with van der Waals surface area (Å²) in [5.74, 6) is -1.27. The Hall–Kier alpha value is -3.43. The summed E-state index contributed by atoms with van der Waals surface area (Å²) in [6.07, 6.45) is 0.197. The maximum absolute atomic E-state index is 12.6. The Kier molecular flexibility index (Phi) is 5.10. The lowest BCUT2D eigenvalue weighted by Crippen LogP contribution is -2.43. The monoisotopic (exact) mass is 467 g/mol. The molecule has 1 fully saturated rings. The van der Waals surface area contributed by atoms with Crippen LogP contribution in [0, 0.1) is 6.92 Å². The molecule has 2 atom stereocenters. The molecule has 9 heteroatoms. The van der Waals surface area contributed by atoms with Gasteiger partial charge in [-0.1, -0.05) is 30.3 Å². The maximum Gasteiger partial charge on any atom is 0.340 e. The molecule has 0 aliphatic carbocycles. The maximum atomic E-state index is 12.6. The third kappa shape index (κ3) is 3.94. The predicted molar refractivity (Wildman–Crippen MR) is 123 cm³/mol. The Morgan fingerprint density at radius 2 is 1.88 bits per heavy atom. The minimum atomic E-state index is -3.40. The van der Waals surface area contributed by atoms with Gasteiger partial charge in [0.1, 0.15) is 11.2 Å². The molecule has 1 aliphatic rings. The van der Waals surface area contributed by atoms with Crippen LogP contribution in [0.25, 0.3) is 33.1 Å². The number of rotatable bonds is 4. The molecule has 1 aliphatic heterocycles. The quantitative estimate of drug-likeness (QED) is 0.441. The number of hydrogen-bond donors (Lipinski definition) is 2. The van der Waals surface area contributed by atoms with Gasteiger partial charge in [-0.25, -0.2) is 13.2 Å². The zero-order valence-corrected chi connectivity index (χ0v) is 18.5. The number of aliphatic hydroxyl groups excluding tert-OH is 1. The first-order chi connectivity index (χ1) is 15.7. The zero-order chi connectivity index (χ0) is 23.3. The van der Waals surface area contributed by atoms with Crippen LogP contribution in [-0.4, -0.2) is 43.1 Å². The first kappa shape index (κ1) is 21.4. The molecular formula is C24H21NO7S. The van der Waals surface area contributed by atoms with Gasteiger partial charge in [-0.2, -0.15) is 0 Å². The number of nitrogens with one attached hydrogen (secondary N) is 1. The van der Waals surface area contributed by atoms with E-state index in [0.29, 0.717) is 22.1 Å². The average molecular weight is 467 g/mol. The highest BCUT2D eigenvalue weighted by Gasteiger charge is 2.37. The Morgan fingerprint density at radius 3 is 2.58 bits per heavy atom. The van der Waals surface area contributed by atoms with Crippen LogP contribution >= 0.6 is 0 Å². The standard InChI is InChI=1S/C24H21NO7S/c1-13-15-7-17-18(14-5-3-2-4-6-14)10-31-21(17)9-22(15)32-24(28)16(13)8-23(27)25-19-11-33(29,30)12-20(19)26/h2-7,9-10,19-20,26H,8,11-12H2,1H3,(H,25,27)/t19-,20+/m0/s1. The molecule has 1 amide bonds. The molecule has 5 rings (SSSR count). The average Bonchev–Trinajstić information content (AvgIpc) is 3.29. The normalized spacial score (nSPS) is 19.8. The Balaban J connectivity index is 1.51. The summed E-state index contributed by atoms with van der Waals surface area (Å²) in [5.41, 5.74) is 2.93. The number of fused-ring (bicyclic) bond motifs is 2. The van der Waals surface area contributed by atoms with Crippen molar-refractivity contribution in [3.05, 3.63) is 70.3 Å². The fourth-order valence-electron chi connectivity index (χ4n) is 4.34. The molecule has 0 bridgehead atoms. The molecule has 0 unspecified atom stereocenters. The van der Waals surface area contributed by atoms with Crippen LogP contribution in [0.4, 0.5) is 0 Å². The summed E-state index contributed by atoms with van der Waals surface area (Å²) in [7, 11) is -3.40. The van der Waals surface area contributed by atoms with E-state index in [0.717, 1.165) is 16.5 Å². The summed E-state index contributed by atoms with van der Waals surface area (Å²) < 4.78 is 34.5. The molecule has 0 saturated carbocycles. The molecule has 33 heavy (non-hydrogen) atoms. The van der Waals surface area contributed by atoms with Crippen molar-refractivity contribution >= 4 is 37.7 Å². The van der Waals surface area contributed by atoms with E-state index in [9.17, 15) is 23.1 Å². The summed E-state index contributed by atoms with van der Waals surface area (Å²) in [4.78, 5) is 25.2. The second-order valence-electron chi connectivity index (χ2n) is 8.35. The molecule has 0 spiro atoms. The molecule has 2 aromatic carbocycles. The van der Waals surface area contributed by atoms with Gasteiger partial charge in [0.25, 0.3) is 0 Å². The lowest BCUT2D eigenvalue weighted by molar-refractivity contribution is -0.121. The SMILES string of the molecule is Cc1c(CC(=O)N[C@H]2CS(=O)(=O)C[C@H]2O)c(=O)oc2cc3occ(-c4ccccc4)c3cc12. The van der Waals surface area contributed by atoms with Gasteiger partial charge in [0.15, 0.2) is 9.84 Å². The molecule has 3 heterocycles. The number of amides is 1. The van der Waals surface area contributed by atoms with E-state index >= 15 is 0 Å². The number of benzene rings is 2. The van der Waals surface area contributed by atoms with Gasteiger partial charge in [0.2, 0.25) is 5.91 Å². The number of hydrogen-bond acceptors (Lipinski definition) is 7. The van der Waals surface area contributed by atoms with E-state index in [1.807, 2.05) is 36.4 Å². The molecule has 2 aromatic heterocycles. The molecule has 1 saturated heterocycles. The smallest absolute Gasteiger partial charge is 0.340 e. The highest BCUT2D eigenvalue weighted by molar-refractivity contribution is 7.91. The Bertz CT molecular complexity index is 1550. The number of aliphatic hydroxyl groups is 1. The van der Waals surface area contributed by atoms with Crippen LogP contribution in [-0.2, 0) is 21.1 Å². The highest BCUT2D eigenvalue weighted by Crippen LogP contribution is 2.34. The Labute approximate surface area is 188 Å². The summed E-state index contributed by atoms with van der Waals surface area (Å²) in [6.45, 7) is 1.74. The lowest BCUT2D eigenvalue weighted by Gasteiger charge is -2.15. The van der Waals surface area contributed by atoms with Crippen molar-refractivity contribution in [1.29, 1.82) is 0 Å². The topological polar surface area (TPSA) is 127 Å². The van der Waals surface area contributed by atoms with Crippen molar-refractivity contribution in [1.82, 2.24) is 5.32 Å². The predicted octanol–water partition coefficient (Wildman–Crippen LogP) is 2.33. The third-order valence-corrected chi connectivity index (χ3v) is 7.79. The van der Waals surface area contributed by atoms with E-state index in [-0.39, 0.29) is 23.5 Å². The van der Waals surface area contributed by atoms with Crippen molar-refractivity contribution in [2.75, 3.05) is 11.5 Å². The van der Waals surface area contributed by atoms with Crippen LogP contribution in [0.15, 0.2) is 62.4 Å². The second kappa shape index (κ2) is 7.86. The van der Waals surface area contributed by atoms with Crippen LogP contribution in [0.1, 0.15) is 11.1 Å². The van der Waals surface area contributed by atoms with Gasteiger partial charge >= 0.3 is 5.63 Å². The first-order valence-corrected chi connectivity index (χ1v) is 12.2. The van der Waals surface area contributed by atoms with Gasteiger partial charge < -0.3 is 19.3 Å². The third-order valence-electron chi connectivity index (χ3n) is 6.07. The van der Waals surface area contributed by atoms with Gasteiger partial charge in [0.05, 0.1) is 41.9 Å². The highest BCUT2D eigenvalue weighted by atomic mass is 32.2. The van der Waals surface area contributed by atoms with Crippen molar-refractivity contribution in [2.24, 2.45) is 0 Å². The number of carbonyl (C=O) groups is 1. The fourth-order valence-corrected chi connectivity index (χ4v) is 6.08. The van der Waals surface area contributed by atoms with Crippen LogP contribution < -0.4 is 10.9 Å². The zero-order valence-electron chi connectivity index (χ0n) is 17.7. The summed E-state index contributed by atoms with van der Waals surface area (Å²) in [6, 6.07) is 12.4. The van der Waals surface area contributed by atoms with Gasteiger partial charge in [-0.3, -0.25) is 4.79 Å². The fraction of sp³-hybridized carbons (Fsp3) is 0.250. The molecule has 2 N–H and O–H groups in total. The first-order valence-electron chi connectivity index (χ1n) is 10.4. The molecular weight excluding hydrogens is 446 g/mol.